The molecule has 0 bridgehead atoms. The minimum Gasteiger partial charge on any atom is -0.456 e. The van der Waals surface area contributed by atoms with E-state index >= 15 is 0 Å². The van der Waals surface area contributed by atoms with Gasteiger partial charge in [-0.1, -0.05) is 12.1 Å². The lowest BCUT2D eigenvalue weighted by Gasteiger charge is -1.91. The molecule has 1 nitrogen and oxygen atoms in total. The van der Waals surface area contributed by atoms with Gasteiger partial charge in [-0.25, -0.2) is 0 Å². The molecule has 0 aliphatic carbocycles. The highest BCUT2D eigenvalue weighted by Crippen LogP contribution is 2.30. The summed E-state index contributed by atoms with van der Waals surface area (Å²) in [4.78, 5) is 0.929. The maximum absolute atomic E-state index is 5.77. The number of furan rings is 1. The molecule has 0 spiro atoms. The van der Waals surface area contributed by atoms with Gasteiger partial charge in [-0.15, -0.1) is 12.6 Å². The molecule has 2 aromatic carbocycles. The molecule has 0 atom stereocenters. The molecule has 15 heavy (non-hydrogen) atoms. The Balaban J connectivity index is 2.51. The topological polar surface area (TPSA) is 13.1 Å². The van der Waals surface area contributed by atoms with Crippen LogP contribution in [0.15, 0.2) is 45.7 Å². The number of thiol groups is 1. The van der Waals surface area contributed by atoms with E-state index < -0.39 is 0 Å². The van der Waals surface area contributed by atoms with E-state index in [0.29, 0.717) is 0 Å². The minimum absolute atomic E-state index is 0.906. The number of hydrogen-bond donors (Lipinski definition) is 1. The monoisotopic (exact) mass is 214 g/mol. The van der Waals surface area contributed by atoms with E-state index in [1.165, 1.54) is 10.9 Å². The summed E-state index contributed by atoms with van der Waals surface area (Å²) < 4.78 is 5.77. The van der Waals surface area contributed by atoms with Gasteiger partial charge in [-0.2, -0.15) is 0 Å². The summed E-state index contributed by atoms with van der Waals surface area (Å²) in [6.45, 7) is 2.07. The van der Waals surface area contributed by atoms with E-state index in [4.69, 9.17) is 4.42 Å². The van der Waals surface area contributed by atoms with Crippen molar-refractivity contribution in [2.75, 3.05) is 0 Å². The van der Waals surface area contributed by atoms with Gasteiger partial charge in [0.2, 0.25) is 0 Å². The Labute approximate surface area is 93.1 Å². The van der Waals surface area contributed by atoms with Gasteiger partial charge >= 0.3 is 0 Å². The maximum atomic E-state index is 5.77. The van der Waals surface area contributed by atoms with Crippen LogP contribution in [0.1, 0.15) is 5.56 Å². The molecule has 1 aromatic heterocycles. The minimum atomic E-state index is 0.906. The van der Waals surface area contributed by atoms with E-state index in [1.807, 2.05) is 12.1 Å². The first-order valence-electron chi connectivity index (χ1n) is 4.86. The van der Waals surface area contributed by atoms with E-state index in [2.05, 4.69) is 43.8 Å². The normalized spacial score (nSPS) is 11.3. The summed E-state index contributed by atoms with van der Waals surface area (Å²) in [5.74, 6) is 0. The van der Waals surface area contributed by atoms with Crippen molar-refractivity contribution in [1.29, 1.82) is 0 Å². The van der Waals surface area contributed by atoms with Crippen molar-refractivity contribution < 1.29 is 4.42 Å². The number of fused-ring (bicyclic) bond motifs is 3. The predicted octanol–water partition coefficient (Wildman–Crippen LogP) is 4.18. The lowest BCUT2D eigenvalue weighted by molar-refractivity contribution is 0.667. The van der Waals surface area contributed by atoms with Gasteiger partial charge < -0.3 is 4.42 Å². The van der Waals surface area contributed by atoms with Crippen molar-refractivity contribution in [2.24, 2.45) is 0 Å². The third-order valence-electron chi connectivity index (χ3n) is 2.61. The van der Waals surface area contributed by atoms with Crippen LogP contribution in [0.25, 0.3) is 21.9 Å². The summed E-state index contributed by atoms with van der Waals surface area (Å²) in [6.07, 6.45) is 0. The van der Waals surface area contributed by atoms with Crippen LogP contribution in [-0.4, -0.2) is 0 Å². The van der Waals surface area contributed by atoms with Crippen molar-refractivity contribution in [3.63, 3.8) is 0 Å². The smallest absolute Gasteiger partial charge is 0.136 e. The molecule has 0 N–H and O–H groups in total. The molecule has 3 aromatic rings. The van der Waals surface area contributed by atoms with Crippen LogP contribution in [-0.2, 0) is 0 Å². The average molecular weight is 214 g/mol. The Morgan fingerprint density at radius 3 is 2.40 bits per heavy atom. The van der Waals surface area contributed by atoms with Crippen molar-refractivity contribution in [3.05, 3.63) is 42.0 Å². The number of aryl methyl sites for hydroxylation is 1. The van der Waals surface area contributed by atoms with Gasteiger partial charge in [0, 0.05) is 15.7 Å². The largest absolute Gasteiger partial charge is 0.456 e. The molecule has 74 valence electrons. The predicted molar refractivity (Wildman–Crippen MR) is 65.7 cm³/mol. The first kappa shape index (κ1) is 8.86. The van der Waals surface area contributed by atoms with Gasteiger partial charge in [-0.05, 0) is 36.8 Å². The third kappa shape index (κ3) is 1.33. The number of benzene rings is 2. The second-order valence-electron chi connectivity index (χ2n) is 3.78. The summed E-state index contributed by atoms with van der Waals surface area (Å²) in [5.41, 5.74) is 3.07. The second kappa shape index (κ2) is 3.04. The standard InChI is InChI=1S/C13H10OS/c1-8-2-4-10-11-5-3-9(15)7-13(11)14-12(10)6-8/h2-7,15H,1H3. The average Bonchev–Trinajstić information content (AvgIpc) is 2.53. The molecular formula is C13H10OS. The van der Waals surface area contributed by atoms with Gasteiger partial charge in [-0.3, -0.25) is 0 Å². The van der Waals surface area contributed by atoms with Gasteiger partial charge in [0.25, 0.3) is 0 Å². The molecule has 0 amide bonds. The zero-order chi connectivity index (χ0) is 10.4. The number of hydrogen-bond acceptors (Lipinski definition) is 2. The molecule has 2 heteroatoms. The molecule has 3 rings (SSSR count). The van der Waals surface area contributed by atoms with Crippen LogP contribution >= 0.6 is 12.6 Å². The van der Waals surface area contributed by atoms with Crippen molar-refractivity contribution in [3.8, 4) is 0 Å². The molecule has 0 radical (unpaired) electrons. The maximum Gasteiger partial charge on any atom is 0.136 e. The molecule has 0 unspecified atom stereocenters. The molecule has 0 aliphatic rings. The lowest BCUT2D eigenvalue weighted by atomic mass is 10.1. The zero-order valence-electron chi connectivity index (χ0n) is 8.32. The van der Waals surface area contributed by atoms with E-state index in [-0.39, 0.29) is 0 Å². The Morgan fingerprint density at radius 1 is 0.933 bits per heavy atom. The van der Waals surface area contributed by atoms with Crippen molar-refractivity contribution in [2.45, 2.75) is 11.8 Å². The highest BCUT2D eigenvalue weighted by molar-refractivity contribution is 7.80. The van der Waals surface area contributed by atoms with Gasteiger partial charge in [0.1, 0.15) is 11.2 Å². The lowest BCUT2D eigenvalue weighted by Crippen LogP contribution is -1.69. The molecule has 0 fully saturated rings. The van der Waals surface area contributed by atoms with E-state index in [9.17, 15) is 0 Å². The number of rotatable bonds is 0. The Hall–Kier alpha value is -1.41. The van der Waals surface area contributed by atoms with Crippen molar-refractivity contribution >= 4 is 34.6 Å². The van der Waals surface area contributed by atoms with Crippen LogP contribution < -0.4 is 0 Å². The summed E-state index contributed by atoms with van der Waals surface area (Å²) in [5, 5.41) is 2.33. The van der Waals surface area contributed by atoms with Crippen LogP contribution in [0.2, 0.25) is 0 Å². The summed E-state index contributed by atoms with van der Waals surface area (Å²) in [7, 11) is 0. The van der Waals surface area contributed by atoms with Gasteiger partial charge in [0.15, 0.2) is 0 Å². The molecule has 0 saturated heterocycles. The fraction of sp³-hybridized carbons (Fsp3) is 0.0769. The van der Waals surface area contributed by atoms with Crippen LogP contribution in [0, 0.1) is 6.92 Å². The molecular weight excluding hydrogens is 204 g/mol. The Kier molecular flexibility index (Phi) is 1.80. The Bertz CT molecular complexity index is 596. The molecule has 1 heterocycles. The van der Waals surface area contributed by atoms with Crippen LogP contribution in [0.5, 0.6) is 0 Å². The van der Waals surface area contributed by atoms with Crippen LogP contribution in [0.3, 0.4) is 0 Å². The molecule has 0 saturated carbocycles. The first-order chi connectivity index (χ1) is 7.24. The summed E-state index contributed by atoms with van der Waals surface area (Å²) >= 11 is 4.30. The second-order valence-corrected chi connectivity index (χ2v) is 4.30. The SMILES string of the molecule is Cc1ccc2c(c1)oc1cc(S)ccc12. The fourth-order valence-electron chi connectivity index (χ4n) is 1.87. The van der Waals surface area contributed by atoms with Crippen LogP contribution in [0.4, 0.5) is 0 Å². The fourth-order valence-corrected chi connectivity index (χ4v) is 2.06. The molecule has 0 aliphatic heterocycles. The quantitative estimate of drug-likeness (QED) is 0.554. The third-order valence-corrected chi connectivity index (χ3v) is 2.89. The Morgan fingerprint density at radius 2 is 1.60 bits per heavy atom. The summed E-state index contributed by atoms with van der Waals surface area (Å²) in [6, 6.07) is 12.3. The first-order valence-corrected chi connectivity index (χ1v) is 5.31. The van der Waals surface area contributed by atoms with E-state index in [1.54, 1.807) is 0 Å². The van der Waals surface area contributed by atoms with Gasteiger partial charge in [0.05, 0.1) is 0 Å². The zero-order valence-corrected chi connectivity index (χ0v) is 9.21. The highest BCUT2D eigenvalue weighted by Gasteiger charge is 2.06. The van der Waals surface area contributed by atoms with E-state index in [0.717, 1.165) is 21.4 Å². The van der Waals surface area contributed by atoms with Crippen molar-refractivity contribution in [1.82, 2.24) is 0 Å². The highest BCUT2D eigenvalue weighted by atomic mass is 32.1.